The van der Waals surface area contributed by atoms with Gasteiger partial charge in [0.2, 0.25) is 0 Å². The highest BCUT2D eigenvalue weighted by molar-refractivity contribution is 6.29. The maximum absolute atomic E-state index is 12.5. The van der Waals surface area contributed by atoms with Gasteiger partial charge in [-0.25, -0.2) is 5.01 Å². The predicted molar refractivity (Wildman–Crippen MR) is 102 cm³/mol. The van der Waals surface area contributed by atoms with Crippen LogP contribution in [0, 0.1) is 24.0 Å². The molecule has 7 nitrogen and oxygen atoms in total. The Kier molecular flexibility index (Phi) is 4.85. The number of amides is 2. The molecule has 0 spiro atoms. The monoisotopic (exact) mass is 363 g/mol. The molecule has 2 aromatic carbocycles. The highest BCUT2D eigenvalue weighted by Gasteiger charge is 2.34. The minimum absolute atomic E-state index is 0.00471. The second kappa shape index (κ2) is 7.25. The van der Waals surface area contributed by atoms with Crippen LogP contribution in [-0.4, -0.2) is 16.7 Å². The van der Waals surface area contributed by atoms with E-state index in [1.54, 1.807) is 24.3 Å². The van der Waals surface area contributed by atoms with Crippen molar-refractivity contribution >= 4 is 29.3 Å². The Bertz CT molecular complexity index is 1010. The molecule has 136 valence electrons. The second-order valence-electron chi connectivity index (χ2n) is 6.14. The number of benzene rings is 2. The number of nitrogens with one attached hydrogen (secondary N) is 1. The molecule has 0 radical (unpaired) electrons. The molecule has 1 aliphatic heterocycles. The zero-order valence-electron chi connectivity index (χ0n) is 14.8. The highest BCUT2D eigenvalue weighted by Crippen LogP contribution is 2.22. The average molecular weight is 363 g/mol. The fraction of sp³-hybridized carbons (Fsp3) is 0.100. The van der Waals surface area contributed by atoms with Gasteiger partial charge in [-0.2, -0.15) is 0 Å². The molecule has 1 saturated heterocycles. The third-order valence-electron chi connectivity index (χ3n) is 4.27. The van der Waals surface area contributed by atoms with E-state index in [4.69, 9.17) is 0 Å². The normalized spacial score (nSPS) is 15.6. The number of allylic oxidation sites excluding steroid dienone is 2. The lowest BCUT2D eigenvalue weighted by atomic mass is 10.1. The first-order chi connectivity index (χ1) is 12.9. The van der Waals surface area contributed by atoms with E-state index in [1.165, 1.54) is 29.3 Å². The molecule has 0 aromatic heterocycles. The Morgan fingerprint density at radius 1 is 1.07 bits per heavy atom. The number of nitro groups is 1. The third kappa shape index (κ3) is 3.77. The topological polar surface area (TPSA) is 92.6 Å². The summed E-state index contributed by atoms with van der Waals surface area (Å²) in [5.41, 5.74) is 5.79. The second-order valence-corrected chi connectivity index (χ2v) is 6.14. The number of anilines is 1. The summed E-state index contributed by atoms with van der Waals surface area (Å²) in [7, 11) is 0. The Labute approximate surface area is 155 Å². The molecule has 0 aliphatic carbocycles. The Hall–Kier alpha value is -3.74. The summed E-state index contributed by atoms with van der Waals surface area (Å²) >= 11 is 0. The fourth-order valence-electron chi connectivity index (χ4n) is 2.62. The van der Waals surface area contributed by atoms with Gasteiger partial charge in [-0.05, 0) is 48.7 Å². The van der Waals surface area contributed by atoms with Gasteiger partial charge in [0, 0.05) is 12.1 Å². The first kappa shape index (κ1) is 18.1. The number of aryl methyl sites for hydroxylation is 2. The van der Waals surface area contributed by atoms with Crippen molar-refractivity contribution in [2.45, 2.75) is 13.8 Å². The van der Waals surface area contributed by atoms with Gasteiger partial charge >= 0.3 is 0 Å². The van der Waals surface area contributed by atoms with Crippen molar-refractivity contribution in [2.24, 2.45) is 0 Å². The smallest absolute Gasteiger partial charge is 0.267 e. The Morgan fingerprint density at radius 2 is 1.85 bits per heavy atom. The summed E-state index contributed by atoms with van der Waals surface area (Å²) in [6, 6.07) is 11.5. The molecule has 7 heteroatoms. The molecule has 0 atom stereocenters. The van der Waals surface area contributed by atoms with E-state index in [-0.39, 0.29) is 11.3 Å². The molecular weight excluding hydrogens is 346 g/mol. The molecule has 0 saturated carbocycles. The van der Waals surface area contributed by atoms with Gasteiger partial charge in [0.1, 0.15) is 5.57 Å². The quantitative estimate of drug-likeness (QED) is 0.391. The van der Waals surface area contributed by atoms with Gasteiger partial charge in [0.25, 0.3) is 17.5 Å². The van der Waals surface area contributed by atoms with Crippen LogP contribution < -0.4 is 10.4 Å². The number of hydrogen-bond donors (Lipinski definition) is 1. The summed E-state index contributed by atoms with van der Waals surface area (Å²) in [5.74, 6) is -0.950. The van der Waals surface area contributed by atoms with Crippen LogP contribution in [0.25, 0.3) is 6.08 Å². The van der Waals surface area contributed by atoms with Crippen molar-refractivity contribution in [1.29, 1.82) is 0 Å². The van der Waals surface area contributed by atoms with Crippen molar-refractivity contribution in [3.8, 4) is 0 Å². The number of carbonyl (C=O) groups is 2. The standard InChI is InChI=1S/C20H17N3O4/c1-13-9-10-16(11-14(13)2)22-20(25)18(19(24)21-22)8-4-6-15-5-3-7-17(12-15)23(26)27/h3-12H,1-2H3,(H,21,24). The third-order valence-corrected chi connectivity index (χ3v) is 4.27. The van der Waals surface area contributed by atoms with Gasteiger partial charge in [-0.1, -0.05) is 30.4 Å². The molecule has 0 bridgehead atoms. The van der Waals surface area contributed by atoms with E-state index in [1.807, 2.05) is 26.0 Å². The van der Waals surface area contributed by atoms with E-state index in [0.29, 0.717) is 11.3 Å². The number of rotatable bonds is 4. The van der Waals surface area contributed by atoms with Crippen molar-refractivity contribution < 1.29 is 14.5 Å². The Morgan fingerprint density at radius 3 is 2.56 bits per heavy atom. The van der Waals surface area contributed by atoms with Crippen LogP contribution in [0.5, 0.6) is 0 Å². The largest absolute Gasteiger partial charge is 0.282 e. The SMILES string of the molecule is Cc1ccc(N2NC(=O)C(=CC=Cc3cccc([N+](=O)[O-])c3)C2=O)cc1C. The molecule has 1 fully saturated rings. The number of hydrogen-bond acceptors (Lipinski definition) is 4. The molecule has 1 aliphatic rings. The first-order valence-corrected chi connectivity index (χ1v) is 8.22. The summed E-state index contributed by atoms with van der Waals surface area (Å²) in [4.78, 5) is 35.0. The lowest BCUT2D eigenvalue weighted by Gasteiger charge is -2.15. The zero-order valence-corrected chi connectivity index (χ0v) is 14.8. The van der Waals surface area contributed by atoms with Crippen LogP contribution >= 0.6 is 0 Å². The predicted octanol–water partition coefficient (Wildman–Crippen LogP) is 3.23. The van der Waals surface area contributed by atoms with E-state index < -0.39 is 16.7 Å². The molecule has 1 heterocycles. The van der Waals surface area contributed by atoms with Crippen molar-refractivity contribution in [3.63, 3.8) is 0 Å². The lowest BCUT2D eigenvalue weighted by Crippen LogP contribution is -2.35. The lowest BCUT2D eigenvalue weighted by molar-refractivity contribution is -0.384. The summed E-state index contributed by atoms with van der Waals surface area (Å²) < 4.78 is 0. The highest BCUT2D eigenvalue weighted by atomic mass is 16.6. The average Bonchev–Trinajstić information content (AvgIpc) is 2.92. The maximum atomic E-state index is 12.5. The van der Waals surface area contributed by atoms with Crippen LogP contribution in [0.2, 0.25) is 0 Å². The van der Waals surface area contributed by atoms with E-state index in [2.05, 4.69) is 5.43 Å². The van der Waals surface area contributed by atoms with Crippen LogP contribution in [-0.2, 0) is 9.59 Å². The number of hydrazine groups is 1. The molecule has 27 heavy (non-hydrogen) atoms. The van der Waals surface area contributed by atoms with E-state index >= 15 is 0 Å². The molecule has 0 unspecified atom stereocenters. The van der Waals surface area contributed by atoms with Crippen molar-refractivity contribution in [2.75, 3.05) is 5.01 Å². The maximum Gasteiger partial charge on any atom is 0.282 e. The number of non-ortho nitro benzene ring substituents is 1. The van der Waals surface area contributed by atoms with Crippen LogP contribution in [0.4, 0.5) is 11.4 Å². The van der Waals surface area contributed by atoms with Crippen LogP contribution in [0.1, 0.15) is 16.7 Å². The summed E-state index contributed by atoms with van der Waals surface area (Å²) in [5, 5.41) is 12.0. The van der Waals surface area contributed by atoms with Gasteiger partial charge in [-0.3, -0.25) is 25.1 Å². The molecule has 2 amide bonds. The molecule has 3 rings (SSSR count). The van der Waals surface area contributed by atoms with Gasteiger partial charge < -0.3 is 0 Å². The molecular formula is C20H17N3O4. The Balaban J connectivity index is 1.81. The first-order valence-electron chi connectivity index (χ1n) is 8.22. The summed E-state index contributed by atoms with van der Waals surface area (Å²) in [6.07, 6.45) is 4.52. The van der Waals surface area contributed by atoms with Gasteiger partial charge in [-0.15, -0.1) is 0 Å². The number of nitro benzene ring substituents is 1. The van der Waals surface area contributed by atoms with E-state index in [0.717, 1.165) is 11.1 Å². The van der Waals surface area contributed by atoms with Gasteiger partial charge in [0.05, 0.1) is 10.6 Å². The summed E-state index contributed by atoms with van der Waals surface area (Å²) in [6.45, 7) is 3.90. The van der Waals surface area contributed by atoms with Crippen molar-refractivity contribution in [3.05, 3.63) is 87.0 Å². The number of nitrogens with zero attached hydrogens (tertiary/aromatic N) is 2. The number of carbonyl (C=O) groups excluding carboxylic acids is 2. The minimum Gasteiger partial charge on any atom is -0.267 e. The van der Waals surface area contributed by atoms with Crippen molar-refractivity contribution in [1.82, 2.24) is 5.43 Å². The van der Waals surface area contributed by atoms with E-state index in [9.17, 15) is 19.7 Å². The zero-order chi connectivity index (χ0) is 19.6. The molecule has 2 aromatic rings. The molecule has 1 N–H and O–H groups in total. The van der Waals surface area contributed by atoms with Crippen LogP contribution in [0.3, 0.4) is 0 Å². The van der Waals surface area contributed by atoms with Gasteiger partial charge in [0.15, 0.2) is 0 Å². The fourth-order valence-corrected chi connectivity index (χ4v) is 2.62. The minimum atomic E-state index is -0.498. The van der Waals surface area contributed by atoms with Crippen LogP contribution in [0.15, 0.2) is 60.2 Å².